The molecule has 1 atom stereocenters. The van der Waals surface area contributed by atoms with Crippen LogP contribution in [0.4, 0.5) is 11.4 Å². The molecule has 1 unspecified atom stereocenters. The van der Waals surface area contributed by atoms with Crippen LogP contribution in [0, 0.1) is 0 Å². The van der Waals surface area contributed by atoms with Crippen molar-refractivity contribution in [3.05, 3.63) is 18.2 Å². The molecular weight excluding hydrogens is 248 g/mol. The highest BCUT2D eigenvalue weighted by atomic mass is 16.5. The summed E-state index contributed by atoms with van der Waals surface area (Å²) in [6, 6.07) is 5.19. The van der Waals surface area contributed by atoms with Gasteiger partial charge in [-0.1, -0.05) is 0 Å². The Morgan fingerprint density at radius 1 is 1.53 bits per heavy atom. The van der Waals surface area contributed by atoms with Crippen molar-refractivity contribution < 1.29 is 19.4 Å². The lowest BCUT2D eigenvalue weighted by Gasteiger charge is -2.31. The van der Waals surface area contributed by atoms with Crippen LogP contribution >= 0.6 is 0 Å². The van der Waals surface area contributed by atoms with Crippen molar-refractivity contribution in [1.29, 1.82) is 0 Å². The molecule has 0 saturated carbocycles. The lowest BCUT2D eigenvalue weighted by Crippen LogP contribution is -2.47. The SMILES string of the molecule is CNc1ccc2c(c1)N(C(=O)CCO)C(=O)C(C)O2. The molecule has 0 aliphatic carbocycles. The van der Waals surface area contributed by atoms with Gasteiger partial charge in [0.05, 0.1) is 18.7 Å². The molecule has 0 spiro atoms. The van der Waals surface area contributed by atoms with Crippen LogP contribution in [0.25, 0.3) is 0 Å². The summed E-state index contributed by atoms with van der Waals surface area (Å²) >= 11 is 0. The summed E-state index contributed by atoms with van der Waals surface area (Å²) in [7, 11) is 1.75. The normalized spacial score (nSPS) is 17.7. The summed E-state index contributed by atoms with van der Waals surface area (Å²) < 4.78 is 5.47. The van der Waals surface area contributed by atoms with Crippen molar-refractivity contribution in [3.63, 3.8) is 0 Å². The van der Waals surface area contributed by atoms with Crippen molar-refractivity contribution in [2.24, 2.45) is 0 Å². The number of carbonyl (C=O) groups excluding carboxylic acids is 2. The molecule has 2 amide bonds. The second-order valence-corrected chi connectivity index (χ2v) is 4.23. The monoisotopic (exact) mass is 264 g/mol. The Balaban J connectivity index is 2.47. The van der Waals surface area contributed by atoms with Crippen LogP contribution in [0.15, 0.2) is 18.2 Å². The van der Waals surface area contributed by atoms with Gasteiger partial charge in [0.15, 0.2) is 6.10 Å². The molecule has 2 N–H and O–H groups in total. The summed E-state index contributed by atoms with van der Waals surface area (Å²) in [6.07, 6.45) is -0.808. The maximum absolute atomic E-state index is 12.1. The maximum atomic E-state index is 12.1. The van der Waals surface area contributed by atoms with E-state index >= 15 is 0 Å². The van der Waals surface area contributed by atoms with Crippen molar-refractivity contribution in [1.82, 2.24) is 0 Å². The number of imide groups is 1. The number of carbonyl (C=O) groups is 2. The number of fused-ring (bicyclic) bond motifs is 1. The summed E-state index contributed by atoms with van der Waals surface area (Å²) in [5.41, 5.74) is 1.18. The number of nitrogens with zero attached hydrogens (tertiary/aromatic N) is 1. The van der Waals surface area contributed by atoms with Gasteiger partial charge < -0.3 is 15.2 Å². The molecule has 0 saturated heterocycles. The second-order valence-electron chi connectivity index (χ2n) is 4.23. The van der Waals surface area contributed by atoms with E-state index in [0.29, 0.717) is 11.4 Å². The number of anilines is 2. The molecule has 0 fully saturated rings. The smallest absolute Gasteiger partial charge is 0.274 e. The molecule has 1 aromatic rings. The molecule has 0 bridgehead atoms. The van der Waals surface area contributed by atoms with Gasteiger partial charge in [-0.15, -0.1) is 0 Å². The van der Waals surface area contributed by atoms with E-state index in [0.717, 1.165) is 10.6 Å². The summed E-state index contributed by atoms with van der Waals surface area (Å²) in [5.74, 6) is -0.367. The maximum Gasteiger partial charge on any atom is 0.274 e. The number of hydrogen-bond donors (Lipinski definition) is 2. The molecule has 1 heterocycles. The number of amides is 2. The van der Waals surface area contributed by atoms with E-state index in [1.54, 1.807) is 32.2 Å². The lowest BCUT2D eigenvalue weighted by molar-refractivity contribution is -0.131. The summed E-state index contributed by atoms with van der Waals surface area (Å²) in [5, 5.41) is 11.8. The zero-order valence-electron chi connectivity index (χ0n) is 10.8. The number of ether oxygens (including phenoxy) is 1. The Bertz CT molecular complexity index is 515. The van der Waals surface area contributed by atoms with Crippen LogP contribution in [-0.4, -0.2) is 36.7 Å². The van der Waals surface area contributed by atoms with E-state index in [-0.39, 0.29) is 13.0 Å². The molecule has 1 aromatic carbocycles. The van der Waals surface area contributed by atoms with Gasteiger partial charge in [0, 0.05) is 12.7 Å². The number of rotatable bonds is 3. The fourth-order valence-electron chi connectivity index (χ4n) is 1.95. The number of benzene rings is 1. The van der Waals surface area contributed by atoms with E-state index in [2.05, 4.69) is 5.32 Å². The first-order chi connectivity index (χ1) is 9.08. The van der Waals surface area contributed by atoms with Gasteiger partial charge in [-0.2, -0.15) is 0 Å². The van der Waals surface area contributed by atoms with Gasteiger partial charge in [0.25, 0.3) is 5.91 Å². The lowest BCUT2D eigenvalue weighted by atomic mass is 10.1. The number of hydrogen-bond acceptors (Lipinski definition) is 5. The first-order valence-corrected chi connectivity index (χ1v) is 6.04. The van der Waals surface area contributed by atoms with E-state index < -0.39 is 17.9 Å². The van der Waals surface area contributed by atoms with Gasteiger partial charge in [-0.25, -0.2) is 4.90 Å². The molecule has 19 heavy (non-hydrogen) atoms. The minimum absolute atomic E-state index is 0.0956. The van der Waals surface area contributed by atoms with Crippen molar-refractivity contribution in [3.8, 4) is 5.75 Å². The first-order valence-electron chi connectivity index (χ1n) is 6.04. The van der Waals surface area contributed by atoms with Gasteiger partial charge in [-0.05, 0) is 25.1 Å². The quantitative estimate of drug-likeness (QED) is 0.842. The summed E-state index contributed by atoms with van der Waals surface area (Å²) in [6.45, 7) is 1.30. The van der Waals surface area contributed by atoms with E-state index in [1.165, 1.54) is 0 Å². The van der Waals surface area contributed by atoms with E-state index in [9.17, 15) is 9.59 Å². The highest BCUT2D eigenvalue weighted by Crippen LogP contribution is 2.36. The Kier molecular flexibility index (Phi) is 3.71. The number of nitrogens with one attached hydrogen (secondary N) is 1. The largest absolute Gasteiger partial charge is 0.479 e. The number of aliphatic hydroxyl groups excluding tert-OH is 1. The van der Waals surface area contributed by atoms with Gasteiger partial charge in [-0.3, -0.25) is 9.59 Å². The molecule has 0 aromatic heterocycles. The highest BCUT2D eigenvalue weighted by molar-refractivity contribution is 6.18. The molecule has 6 heteroatoms. The third kappa shape index (κ3) is 2.39. The third-order valence-corrected chi connectivity index (χ3v) is 2.94. The first kappa shape index (κ1) is 13.4. The van der Waals surface area contributed by atoms with Crippen LogP contribution in [0.5, 0.6) is 5.75 Å². The second kappa shape index (κ2) is 5.27. The number of aliphatic hydroxyl groups is 1. The predicted octanol–water partition coefficient (Wildman–Crippen LogP) is 0.751. The van der Waals surface area contributed by atoms with E-state index in [1.807, 2.05) is 0 Å². The molecule has 0 radical (unpaired) electrons. The average Bonchev–Trinajstić information content (AvgIpc) is 2.40. The topological polar surface area (TPSA) is 78.9 Å². The van der Waals surface area contributed by atoms with Crippen LogP contribution < -0.4 is 15.0 Å². The zero-order valence-corrected chi connectivity index (χ0v) is 10.8. The Labute approximate surface area is 111 Å². The van der Waals surface area contributed by atoms with Gasteiger partial charge in [0.1, 0.15) is 5.75 Å². The van der Waals surface area contributed by atoms with Crippen LogP contribution in [0.1, 0.15) is 13.3 Å². The average molecular weight is 264 g/mol. The minimum atomic E-state index is -0.712. The Hall–Kier alpha value is -2.08. The molecule has 2 rings (SSSR count). The standard InChI is InChI=1S/C13H16N2O4/c1-8-13(18)15(12(17)5-6-16)10-7-9(14-2)3-4-11(10)19-8/h3-4,7-8,14,16H,5-6H2,1-2H3. The van der Waals surface area contributed by atoms with Gasteiger partial charge in [0.2, 0.25) is 5.91 Å². The van der Waals surface area contributed by atoms with Crippen molar-refractivity contribution in [2.75, 3.05) is 23.9 Å². The predicted molar refractivity (Wildman–Crippen MR) is 70.3 cm³/mol. The van der Waals surface area contributed by atoms with Crippen molar-refractivity contribution in [2.45, 2.75) is 19.4 Å². The molecular formula is C13H16N2O4. The fourth-order valence-corrected chi connectivity index (χ4v) is 1.95. The minimum Gasteiger partial charge on any atom is -0.479 e. The zero-order chi connectivity index (χ0) is 14.0. The van der Waals surface area contributed by atoms with E-state index in [4.69, 9.17) is 9.84 Å². The Morgan fingerprint density at radius 2 is 2.26 bits per heavy atom. The Morgan fingerprint density at radius 3 is 2.89 bits per heavy atom. The molecule has 6 nitrogen and oxygen atoms in total. The van der Waals surface area contributed by atoms with Crippen LogP contribution in [-0.2, 0) is 9.59 Å². The molecule has 1 aliphatic rings. The highest BCUT2D eigenvalue weighted by Gasteiger charge is 2.35. The third-order valence-electron chi connectivity index (χ3n) is 2.94. The van der Waals surface area contributed by atoms with Crippen LogP contribution in [0.3, 0.4) is 0 Å². The molecule has 102 valence electrons. The summed E-state index contributed by atoms with van der Waals surface area (Å²) in [4.78, 5) is 25.2. The fraction of sp³-hybridized carbons (Fsp3) is 0.385. The van der Waals surface area contributed by atoms with Crippen molar-refractivity contribution >= 4 is 23.2 Å². The van der Waals surface area contributed by atoms with Gasteiger partial charge >= 0.3 is 0 Å². The molecule has 1 aliphatic heterocycles. The van der Waals surface area contributed by atoms with Crippen LogP contribution in [0.2, 0.25) is 0 Å².